The Labute approximate surface area is 123 Å². The van der Waals surface area contributed by atoms with Gasteiger partial charge >= 0.3 is 5.97 Å². The summed E-state index contributed by atoms with van der Waals surface area (Å²) in [6, 6.07) is 8.26. The van der Waals surface area contributed by atoms with Crippen LogP contribution >= 0.6 is 0 Å². The third kappa shape index (κ3) is 3.12. The van der Waals surface area contributed by atoms with Gasteiger partial charge in [0.05, 0.1) is 18.5 Å². The Morgan fingerprint density at radius 3 is 2.76 bits per heavy atom. The molecule has 1 aromatic heterocycles. The van der Waals surface area contributed by atoms with Crippen molar-refractivity contribution in [3.05, 3.63) is 30.5 Å². The molecule has 0 aliphatic heterocycles. The number of anilines is 1. The monoisotopic (exact) mass is 285 g/mol. The second-order valence-electron chi connectivity index (χ2n) is 5.47. The fourth-order valence-corrected chi connectivity index (χ4v) is 2.86. The zero-order valence-corrected chi connectivity index (χ0v) is 12.1. The highest BCUT2D eigenvalue weighted by molar-refractivity contribution is 5.78. The molecule has 2 aromatic rings. The Morgan fingerprint density at radius 2 is 2.00 bits per heavy atom. The summed E-state index contributed by atoms with van der Waals surface area (Å²) < 4.78 is 4.81. The van der Waals surface area contributed by atoms with Crippen molar-refractivity contribution in [1.82, 2.24) is 9.97 Å². The third-order valence-corrected chi connectivity index (χ3v) is 4.08. The van der Waals surface area contributed by atoms with E-state index in [2.05, 4.69) is 15.3 Å². The van der Waals surface area contributed by atoms with Gasteiger partial charge in [-0.25, -0.2) is 9.97 Å². The van der Waals surface area contributed by atoms with Crippen LogP contribution in [0.1, 0.15) is 25.7 Å². The summed E-state index contributed by atoms with van der Waals surface area (Å²) in [7, 11) is 1.45. The highest BCUT2D eigenvalue weighted by Gasteiger charge is 2.27. The van der Waals surface area contributed by atoms with Crippen molar-refractivity contribution >= 4 is 22.8 Å². The number of carbonyl (C=O) groups is 1. The lowest BCUT2D eigenvalue weighted by Crippen LogP contribution is -2.30. The van der Waals surface area contributed by atoms with Crippen molar-refractivity contribution in [3.63, 3.8) is 0 Å². The maximum atomic E-state index is 11.5. The molecular weight excluding hydrogens is 266 g/mol. The summed E-state index contributed by atoms with van der Waals surface area (Å²) >= 11 is 0. The molecule has 1 saturated carbocycles. The predicted octanol–water partition coefficient (Wildman–Crippen LogP) is 2.77. The average Bonchev–Trinajstić information content (AvgIpc) is 2.55. The van der Waals surface area contributed by atoms with E-state index in [1.807, 2.05) is 30.5 Å². The number of ether oxygens (including phenoxy) is 1. The van der Waals surface area contributed by atoms with Crippen LogP contribution in [0.2, 0.25) is 0 Å². The fourth-order valence-electron chi connectivity index (χ4n) is 2.86. The van der Waals surface area contributed by atoms with Crippen LogP contribution in [0.5, 0.6) is 0 Å². The first-order valence-corrected chi connectivity index (χ1v) is 7.32. The quantitative estimate of drug-likeness (QED) is 0.878. The number of esters is 1. The summed E-state index contributed by atoms with van der Waals surface area (Å²) in [5, 5.41) is 4.42. The van der Waals surface area contributed by atoms with Gasteiger partial charge in [0.2, 0.25) is 5.95 Å². The smallest absolute Gasteiger partial charge is 0.308 e. The van der Waals surface area contributed by atoms with Crippen molar-refractivity contribution in [2.45, 2.75) is 31.7 Å². The second kappa shape index (κ2) is 6.08. The number of methoxy groups -OCH3 is 1. The normalized spacial score (nSPS) is 22.0. The van der Waals surface area contributed by atoms with Gasteiger partial charge in [0.25, 0.3) is 0 Å². The SMILES string of the molecule is COC(=O)C1CCC(Nc2ncc3ccccc3n2)CC1. The molecule has 1 aromatic carbocycles. The molecule has 110 valence electrons. The van der Waals surface area contributed by atoms with E-state index < -0.39 is 0 Å². The van der Waals surface area contributed by atoms with E-state index >= 15 is 0 Å². The lowest BCUT2D eigenvalue weighted by Gasteiger charge is -2.27. The van der Waals surface area contributed by atoms with Crippen molar-refractivity contribution in [1.29, 1.82) is 0 Å². The van der Waals surface area contributed by atoms with Gasteiger partial charge in [-0.05, 0) is 31.7 Å². The first-order valence-electron chi connectivity index (χ1n) is 7.32. The molecule has 5 heteroatoms. The van der Waals surface area contributed by atoms with E-state index in [9.17, 15) is 4.79 Å². The maximum absolute atomic E-state index is 11.5. The maximum Gasteiger partial charge on any atom is 0.308 e. The first kappa shape index (κ1) is 13.8. The van der Waals surface area contributed by atoms with E-state index in [-0.39, 0.29) is 11.9 Å². The summed E-state index contributed by atoms with van der Waals surface area (Å²) in [5.41, 5.74) is 0.943. The summed E-state index contributed by atoms with van der Waals surface area (Å²) in [5.74, 6) is 0.621. The molecule has 1 aliphatic carbocycles. The molecule has 0 bridgehead atoms. The van der Waals surface area contributed by atoms with E-state index in [0.29, 0.717) is 12.0 Å². The third-order valence-electron chi connectivity index (χ3n) is 4.08. The number of nitrogens with zero attached hydrogens (tertiary/aromatic N) is 2. The molecule has 5 nitrogen and oxygen atoms in total. The zero-order valence-electron chi connectivity index (χ0n) is 12.1. The molecule has 1 fully saturated rings. The van der Waals surface area contributed by atoms with Crippen LogP contribution in [0.3, 0.4) is 0 Å². The lowest BCUT2D eigenvalue weighted by atomic mass is 9.86. The molecule has 0 atom stereocenters. The summed E-state index contributed by atoms with van der Waals surface area (Å²) in [4.78, 5) is 20.4. The van der Waals surface area contributed by atoms with Gasteiger partial charge in [-0.15, -0.1) is 0 Å². The van der Waals surface area contributed by atoms with E-state index in [1.165, 1.54) is 7.11 Å². The van der Waals surface area contributed by atoms with Crippen molar-refractivity contribution in [2.24, 2.45) is 5.92 Å². The molecule has 0 unspecified atom stereocenters. The lowest BCUT2D eigenvalue weighted by molar-refractivity contribution is -0.146. The first-order chi connectivity index (χ1) is 10.3. The number of nitrogens with one attached hydrogen (secondary N) is 1. The Hall–Kier alpha value is -2.17. The standard InChI is InChI=1S/C16H19N3O2/c1-21-15(20)11-6-8-13(9-7-11)18-16-17-10-12-4-2-3-5-14(12)19-16/h2-5,10-11,13H,6-9H2,1H3,(H,17,18,19). The van der Waals surface area contributed by atoms with Crippen LogP contribution in [0.25, 0.3) is 10.9 Å². The molecule has 1 aliphatic rings. The number of para-hydroxylation sites is 1. The Balaban J connectivity index is 1.63. The Bertz CT molecular complexity index is 636. The van der Waals surface area contributed by atoms with Crippen LogP contribution in [0, 0.1) is 5.92 Å². The van der Waals surface area contributed by atoms with E-state index in [4.69, 9.17) is 4.74 Å². The van der Waals surface area contributed by atoms with Crippen molar-refractivity contribution < 1.29 is 9.53 Å². The van der Waals surface area contributed by atoms with Gasteiger partial charge in [0.15, 0.2) is 0 Å². The van der Waals surface area contributed by atoms with Gasteiger partial charge in [-0.3, -0.25) is 4.79 Å². The fraction of sp³-hybridized carbons (Fsp3) is 0.438. The molecule has 0 radical (unpaired) electrons. The Morgan fingerprint density at radius 1 is 1.24 bits per heavy atom. The highest BCUT2D eigenvalue weighted by atomic mass is 16.5. The van der Waals surface area contributed by atoms with E-state index in [1.54, 1.807) is 0 Å². The van der Waals surface area contributed by atoms with Gasteiger partial charge < -0.3 is 10.1 Å². The molecule has 0 amide bonds. The van der Waals surface area contributed by atoms with Gasteiger partial charge in [-0.1, -0.05) is 18.2 Å². The molecule has 3 rings (SSSR count). The minimum atomic E-state index is -0.0876. The van der Waals surface area contributed by atoms with Crippen LogP contribution in [0.15, 0.2) is 30.5 Å². The largest absolute Gasteiger partial charge is 0.469 e. The van der Waals surface area contributed by atoms with Crippen molar-refractivity contribution in [2.75, 3.05) is 12.4 Å². The van der Waals surface area contributed by atoms with E-state index in [0.717, 1.165) is 36.6 Å². The summed E-state index contributed by atoms with van der Waals surface area (Å²) in [6.07, 6.45) is 5.44. The topological polar surface area (TPSA) is 64.1 Å². The number of rotatable bonds is 3. The summed E-state index contributed by atoms with van der Waals surface area (Å²) in [6.45, 7) is 0. The number of aromatic nitrogens is 2. The number of fused-ring (bicyclic) bond motifs is 1. The molecule has 0 spiro atoms. The average molecular weight is 285 g/mol. The minimum absolute atomic E-state index is 0.0468. The molecule has 21 heavy (non-hydrogen) atoms. The number of hydrogen-bond donors (Lipinski definition) is 1. The van der Waals surface area contributed by atoms with Gasteiger partial charge in [0.1, 0.15) is 0 Å². The number of benzene rings is 1. The predicted molar refractivity (Wildman–Crippen MR) is 80.9 cm³/mol. The molecule has 1 heterocycles. The van der Waals surface area contributed by atoms with Gasteiger partial charge in [-0.2, -0.15) is 0 Å². The number of carbonyl (C=O) groups excluding carboxylic acids is 1. The van der Waals surface area contributed by atoms with Crippen LogP contribution in [-0.2, 0) is 9.53 Å². The molecular formula is C16H19N3O2. The Kier molecular flexibility index (Phi) is 3.99. The molecule has 0 saturated heterocycles. The van der Waals surface area contributed by atoms with Crippen LogP contribution < -0.4 is 5.32 Å². The van der Waals surface area contributed by atoms with Crippen LogP contribution in [0.4, 0.5) is 5.95 Å². The van der Waals surface area contributed by atoms with Crippen LogP contribution in [-0.4, -0.2) is 29.1 Å². The highest BCUT2D eigenvalue weighted by Crippen LogP contribution is 2.27. The van der Waals surface area contributed by atoms with Gasteiger partial charge in [0, 0.05) is 17.6 Å². The zero-order chi connectivity index (χ0) is 14.7. The van der Waals surface area contributed by atoms with Crippen molar-refractivity contribution in [3.8, 4) is 0 Å². The minimum Gasteiger partial charge on any atom is -0.469 e. The number of hydrogen-bond acceptors (Lipinski definition) is 5. The second-order valence-corrected chi connectivity index (χ2v) is 5.47. The molecule has 1 N–H and O–H groups in total.